The number of para-hydroxylation sites is 1. The van der Waals surface area contributed by atoms with Crippen molar-refractivity contribution < 1.29 is 14.3 Å². The van der Waals surface area contributed by atoms with Gasteiger partial charge in [0.05, 0.1) is 12.2 Å². The average molecular weight is 217 g/mol. The molecule has 0 saturated heterocycles. The summed E-state index contributed by atoms with van der Waals surface area (Å²) < 4.78 is 4.67. The van der Waals surface area contributed by atoms with Crippen molar-refractivity contribution in [1.29, 1.82) is 0 Å². The van der Waals surface area contributed by atoms with E-state index in [0.29, 0.717) is 0 Å². The van der Waals surface area contributed by atoms with E-state index in [0.717, 1.165) is 11.3 Å². The highest BCUT2D eigenvalue weighted by molar-refractivity contribution is 6.04. The van der Waals surface area contributed by atoms with Crippen LogP contribution in [-0.2, 0) is 14.3 Å². The molecular formula is C12H11NO3. The van der Waals surface area contributed by atoms with Gasteiger partial charge in [-0.15, -0.1) is 0 Å². The lowest BCUT2D eigenvalue weighted by Gasteiger charge is -2.01. The quantitative estimate of drug-likeness (QED) is 0.607. The number of benzene rings is 1. The first-order valence-electron chi connectivity index (χ1n) is 4.92. The van der Waals surface area contributed by atoms with Gasteiger partial charge in [0.25, 0.3) is 0 Å². The Balaban J connectivity index is 2.19. The van der Waals surface area contributed by atoms with Crippen LogP contribution in [0.5, 0.6) is 0 Å². The summed E-state index contributed by atoms with van der Waals surface area (Å²) in [5.74, 6) is -0.886. The van der Waals surface area contributed by atoms with Gasteiger partial charge in [0, 0.05) is 12.6 Å². The number of hydrogen-bond donors (Lipinski definition) is 1. The van der Waals surface area contributed by atoms with Gasteiger partial charge >= 0.3 is 5.97 Å². The SMILES string of the molecule is CC(=O)O/C=C\C1C(=O)Nc2ccccc21. The van der Waals surface area contributed by atoms with E-state index in [-0.39, 0.29) is 11.8 Å². The third kappa shape index (κ3) is 1.95. The lowest BCUT2D eigenvalue weighted by atomic mass is 10.0. The van der Waals surface area contributed by atoms with Crippen LogP contribution in [0.1, 0.15) is 18.4 Å². The molecular weight excluding hydrogens is 206 g/mol. The second-order valence-electron chi connectivity index (χ2n) is 3.49. The van der Waals surface area contributed by atoms with Crippen molar-refractivity contribution in [3.05, 3.63) is 42.2 Å². The standard InChI is InChI=1S/C12H11NO3/c1-8(14)16-7-6-10-9-4-2-3-5-11(9)13-12(10)15/h2-7,10H,1H3,(H,13,15)/b7-6-. The number of esters is 1. The second-order valence-corrected chi connectivity index (χ2v) is 3.49. The molecule has 1 aliphatic heterocycles. The predicted octanol–water partition coefficient (Wildman–Crippen LogP) is 1.80. The average Bonchev–Trinajstić information content (AvgIpc) is 2.55. The van der Waals surface area contributed by atoms with Crippen LogP contribution in [0.25, 0.3) is 0 Å². The van der Waals surface area contributed by atoms with Crippen molar-refractivity contribution in [2.75, 3.05) is 5.32 Å². The van der Waals surface area contributed by atoms with Gasteiger partial charge in [-0.05, 0) is 17.7 Å². The van der Waals surface area contributed by atoms with Crippen molar-refractivity contribution in [3.8, 4) is 0 Å². The molecule has 1 aliphatic rings. The topological polar surface area (TPSA) is 55.4 Å². The molecule has 0 spiro atoms. The van der Waals surface area contributed by atoms with Crippen LogP contribution in [-0.4, -0.2) is 11.9 Å². The maximum Gasteiger partial charge on any atom is 0.307 e. The molecule has 0 radical (unpaired) electrons. The highest BCUT2D eigenvalue weighted by atomic mass is 16.5. The molecule has 0 aliphatic carbocycles. The number of nitrogens with one attached hydrogen (secondary N) is 1. The number of anilines is 1. The largest absolute Gasteiger partial charge is 0.435 e. The fraction of sp³-hybridized carbons (Fsp3) is 0.167. The summed E-state index contributed by atoms with van der Waals surface area (Å²) in [6, 6.07) is 7.44. The van der Waals surface area contributed by atoms with Gasteiger partial charge in [-0.2, -0.15) is 0 Å². The molecule has 0 bridgehead atoms. The maximum atomic E-state index is 11.6. The molecule has 1 heterocycles. The lowest BCUT2D eigenvalue weighted by molar-refractivity contribution is -0.135. The van der Waals surface area contributed by atoms with Crippen molar-refractivity contribution in [1.82, 2.24) is 0 Å². The lowest BCUT2D eigenvalue weighted by Crippen LogP contribution is -2.10. The van der Waals surface area contributed by atoms with Crippen molar-refractivity contribution in [2.24, 2.45) is 0 Å². The molecule has 0 fully saturated rings. The molecule has 1 atom stereocenters. The third-order valence-electron chi connectivity index (χ3n) is 2.34. The second kappa shape index (κ2) is 4.18. The Kier molecular flexibility index (Phi) is 2.72. The van der Waals surface area contributed by atoms with E-state index in [1.165, 1.54) is 13.2 Å². The first-order chi connectivity index (χ1) is 7.68. The molecule has 4 nitrogen and oxygen atoms in total. The van der Waals surface area contributed by atoms with E-state index in [9.17, 15) is 9.59 Å². The first kappa shape index (κ1) is 10.4. The minimum atomic E-state index is -0.400. The zero-order chi connectivity index (χ0) is 11.5. The van der Waals surface area contributed by atoms with Crippen molar-refractivity contribution in [2.45, 2.75) is 12.8 Å². The molecule has 1 aromatic rings. The van der Waals surface area contributed by atoms with Gasteiger partial charge in [-0.1, -0.05) is 18.2 Å². The summed E-state index contributed by atoms with van der Waals surface area (Å²) in [6.45, 7) is 1.31. The number of rotatable bonds is 2. The highest BCUT2D eigenvalue weighted by Gasteiger charge is 2.27. The Morgan fingerprint density at radius 2 is 2.19 bits per heavy atom. The van der Waals surface area contributed by atoms with Gasteiger partial charge in [0.1, 0.15) is 0 Å². The Bertz CT molecular complexity index is 465. The monoisotopic (exact) mass is 217 g/mol. The summed E-state index contributed by atoms with van der Waals surface area (Å²) in [6.07, 6.45) is 2.83. The van der Waals surface area contributed by atoms with E-state index < -0.39 is 5.97 Å². The van der Waals surface area contributed by atoms with Crippen LogP contribution in [0.15, 0.2) is 36.6 Å². The van der Waals surface area contributed by atoms with E-state index >= 15 is 0 Å². The molecule has 0 aromatic heterocycles. The van der Waals surface area contributed by atoms with Crippen molar-refractivity contribution in [3.63, 3.8) is 0 Å². The predicted molar refractivity (Wildman–Crippen MR) is 58.7 cm³/mol. The fourth-order valence-electron chi connectivity index (χ4n) is 1.64. The van der Waals surface area contributed by atoms with Gasteiger partial charge in [-0.25, -0.2) is 0 Å². The Hall–Kier alpha value is -2.10. The number of carbonyl (C=O) groups is 2. The first-order valence-corrected chi connectivity index (χ1v) is 4.92. The van der Waals surface area contributed by atoms with Gasteiger partial charge in [0.15, 0.2) is 0 Å². The number of ether oxygens (including phenoxy) is 1. The summed E-state index contributed by atoms with van der Waals surface area (Å²) in [5, 5.41) is 2.75. The summed E-state index contributed by atoms with van der Waals surface area (Å²) in [4.78, 5) is 22.2. The minimum Gasteiger partial charge on any atom is -0.435 e. The molecule has 2 rings (SSSR count). The summed E-state index contributed by atoms with van der Waals surface area (Å²) >= 11 is 0. The Morgan fingerprint density at radius 1 is 1.44 bits per heavy atom. The van der Waals surface area contributed by atoms with Crippen LogP contribution < -0.4 is 5.32 Å². The van der Waals surface area contributed by atoms with E-state index in [1.54, 1.807) is 6.08 Å². The minimum absolute atomic E-state index is 0.107. The van der Waals surface area contributed by atoms with Gasteiger partial charge in [0.2, 0.25) is 5.91 Å². The normalized spacial score (nSPS) is 18.3. The zero-order valence-corrected chi connectivity index (χ0v) is 8.77. The number of hydrogen-bond acceptors (Lipinski definition) is 3. The van der Waals surface area contributed by atoms with Crippen LogP contribution in [0.4, 0.5) is 5.69 Å². The Labute approximate surface area is 92.9 Å². The van der Waals surface area contributed by atoms with Gasteiger partial charge < -0.3 is 10.1 Å². The third-order valence-corrected chi connectivity index (χ3v) is 2.34. The highest BCUT2D eigenvalue weighted by Crippen LogP contribution is 2.32. The number of amides is 1. The van der Waals surface area contributed by atoms with Crippen LogP contribution >= 0.6 is 0 Å². The molecule has 0 saturated carbocycles. The summed E-state index contributed by atoms with van der Waals surface area (Å²) in [7, 11) is 0. The van der Waals surface area contributed by atoms with Crippen molar-refractivity contribution >= 4 is 17.6 Å². The molecule has 1 aromatic carbocycles. The molecule has 1 amide bonds. The molecule has 1 unspecified atom stereocenters. The fourth-order valence-corrected chi connectivity index (χ4v) is 1.64. The van der Waals surface area contributed by atoms with E-state index in [4.69, 9.17) is 0 Å². The van der Waals surface area contributed by atoms with Crippen LogP contribution in [0.3, 0.4) is 0 Å². The van der Waals surface area contributed by atoms with Crippen LogP contribution in [0, 0.1) is 0 Å². The molecule has 82 valence electrons. The van der Waals surface area contributed by atoms with Gasteiger partial charge in [-0.3, -0.25) is 9.59 Å². The zero-order valence-electron chi connectivity index (χ0n) is 8.77. The molecule has 4 heteroatoms. The number of carbonyl (C=O) groups excluding carboxylic acids is 2. The number of fused-ring (bicyclic) bond motifs is 1. The van der Waals surface area contributed by atoms with E-state index in [1.807, 2.05) is 24.3 Å². The smallest absolute Gasteiger partial charge is 0.307 e. The maximum absolute atomic E-state index is 11.6. The Morgan fingerprint density at radius 3 is 2.94 bits per heavy atom. The molecule has 16 heavy (non-hydrogen) atoms. The van der Waals surface area contributed by atoms with Crippen LogP contribution in [0.2, 0.25) is 0 Å². The van der Waals surface area contributed by atoms with E-state index in [2.05, 4.69) is 10.1 Å². The summed E-state index contributed by atoms with van der Waals surface area (Å²) in [5.41, 5.74) is 1.71. The molecule has 1 N–H and O–H groups in total.